The molecule has 1 N–H and O–H groups in total. The molecule has 0 saturated carbocycles. The molecule has 2 aromatic rings. The van der Waals surface area contributed by atoms with Crippen molar-refractivity contribution in [3.05, 3.63) is 33.9 Å². The summed E-state index contributed by atoms with van der Waals surface area (Å²) >= 11 is 3.59. The van der Waals surface area contributed by atoms with Crippen LogP contribution in [-0.2, 0) is 6.42 Å². The average Bonchev–Trinajstić information content (AvgIpc) is 2.37. The fourth-order valence-corrected chi connectivity index (χ4v) is 2.75. The Morgan fingerprint density at radius 1 is 1.28 bits per heavy atom. The number of rotatable bonds is 4. The van der Waals surface area contributed by atoms with Crippen LogP contribution in [0.15, 0.2) is 22.7 Å². The molecular weight excluding hydrogens is 288 g/mol. The van der Waals surface area contributed by atoms with E-state index < -0.39 is 0 Å². The van der Waals surface area contributed by atoms with E-state index in [1.165, 1.54) is 16.6 Å². The number of fused-ring (bicyclic) bond motifs is 1. The first kappa shape index (κ1) is 13.3. The lowest BCUT2D eigenvalue weighted by atomic mass is 10.0. The summed E-state index contributed by atoms with van der Waals surface area (Å²) in [5.74, 6) is 0. The van der Waals surface area contributed by atoms with Crippen molar-refractivity contribution in [1.82, 2.24) is 4.98 Å². The first-order chi connectivity index (χ1) is 8.69. The SMILES string of the molecule is CCCNc1c(CC)c(C)nc2c(Br)cccc12. The molecule has 0 spiro atoms. The standard InChI is InChI=1S/C15H19BrN2/c1-4-9-17-14-11(5-2)10(3)18-15-12(14)7-6-8-13(15)16/h6-8H,4-5,9H2,1-3H3,(H,17,18). The highest BCUT2D eigenvalue weighted by atomic mass is 79.9. The molecule has 0 saturated heterocycles. The summed E-state index contributed by atoms with van der Waals surface area (Å²) in [4.78, 5) is 4.73. The summed E-state index contributed by atoms with van der Waals surface area (Å²) in [6.45, 7) is 7.46. The van der Waals surface area contributed by atoms with Crippen LogP contribution in [0.4, 0.5) is 5.69 Å². The van der Waals surface area contributed by atoms with Gasteiger partial charge in [0.25, 0.3) is 0 Å². The second-order valence-corrected chi connectivity index (χ2v) is 5.32. The highest BCUT2D eigenvalue weighted by Crippen LogP contribution is 2.32. The number of nitrogens with one attached hydrogen (secondary N) is 1. The predicted octanol–water partition coefficient (Wildman–Crippen LogP) is 4.69. The number of benzene rings is 1. The predicted molar refractivity (Wildman–Crippen MR) is 82.3 cm³/mol. The molecule has 0 fully saturated rings. The number of halogens is 1. The van der Waals surface area contributed by atoms with E-state index in [2.05, 4.69) is 54.2 Å². The molecule has 0 unspecified atom stereocenters. The van der Waals surface area contributed by atoms with Crippen LogP contribution in [0.25, 0.3) is 10.9 Å². The summed E-state index contributed by atoms with van der Waals surface area (Å²) in [6.07, 6.45) is 2.13. The monoisotopic (exact) mass is 306 g/mol. The van der Waals surface area contributed by atoms with Crippen LogP contribution in [0.2, 0.25) is 0 Å². The Labute approximate surface area is 117 Å². The second kappa shape index (κ2) is 5.70. The smallest absolute Gasteiger partial charge is 0.0868 e. The van der Waals surface area contributed by atoms with Crippen LogP contribution in [0, 0.1) is 6.92 Å². The fraction of sp³-hybridized carbons (Fsp3) is 0.400. The highest BCUT2D eigenvalue weighted by molar-refractivity contribution is 9.10. The first-order valence-corrected chi connectivity index (χ1v) is 7.29. The lowest BCUT2D eigenvalue weighted by Gasteiger charge is -2.16. The van der Waals surface area contributed by atoms with Crippen molar-refractivity contribution in [2.45, 2.75) is 33.6 Å². The molecule has 2 rings (SSSR count). The molecule has 2 nitrogen and oxygen atoms in total. The summed E-state index contributed by atoms with van der Waals surface area (Å²) in [5.41, 5.74) is 4.75. The van der Waals surface area contributed by atoms with E-state index in [1.807, 2.05) is 6.07 Å². The Morgan fingerprint density at radius 2 is 2.06 bits per heavy atom. The maximum Gasteiger partial charge on any atom is 0.0868 e. The van der Waals surface area contributed by atoms with E-state index in [9.17, 15) is 0 Å². The molecule has 0 atom stereocenters. The van der Waals surface area contributed by atoms with Crippen LogP contribution in [0.1, 0.15) is 31.5 Å². The largest absolute Gasteiger partial charge is 0.384 e. The van der Waals surface area contributed by atoms with Crippen molar-refractivity contribution in [3.8, 4) is 0 Å². The van der Waals surface area contributed by atoms with Gasteiger partial charge >= 0.3 is 0 Å². The highest BCUT2D eigenvalue weighted by Gasteiger charge is 2.12. The van der Waals surface area contributed by atoms with Gasteiger partial charge in [0.1, 0.15) is 0 Å². The number of pyridine rings is 1. The number of aryl methyl sites for hydroxylation is 1. The Bertz CT molecular complexity index is 564. The van der Waals surface area contributed by atoms with Gasteiger partial charge in [0.2, 0.25) is 0 Å². The van der Waals surface area contributed by atoms with Gasteiger partial charge in [-0.15, -0.1) is 0 Å². The van der Waals surface area contributed by atoms with Gasteiger partial charge in [-0.3, -0.25) is 4.98 Å². The van der Waals surface area contributed by atoms with E-state index in [-0.39, 0.29) is 0 Å². The molecule has 1 aromatic carbocycles. The fourth-order valence-electron chi connectivity index (χ4n) is 2.29. The van der Waals surface area contributed by atoms with Crippen LogP contribution < -0.4 is 5.32 Å². The summed E-state index contributed by atoms with van der Waals surface area (Å²) in [5, 5.41) is 4.77. The Morgan fingerprint density at radius 3 is 2.72 bits per heavy atom. The molecular formula is C15H19BrN2. The summed E-state index contributed by atoms with van der Waals surface area (Å²) < 4.78 is 1.06. The van der Waals surface area contributed by atoms with Crippen LogP contribution in [0.5, 0.6) is 0 Å². The van der Waals surface area contributed by atoms with E-state index in [1.54, 1.807) is 0 Å². The molecule has 0 radical (unpaired) electrons. The average molecular weight is 307 g/mol. The number of nitrogens with zero attached hydrogens (tertiary/aromatic N) is 1. The lowest BCUT2D eigenvalue weighted by Crippen LogP contribution is -2.06. The number of hydrogen-bond donors (Lipinski definition) is 1. The zero-order valence-corrected chi connectivity index (χ0v) is 12.8. The number of para-hydroxylation sites is 1. The first-order valence-electron chi connectivity index (χ1n) is 6.50. The van der Waals surface area contributed by atoms with E-state index >= 15 is 0 Å². The normalized spacial score (nSPS) is 10.9. The van der Waals surface area contributed by atoms with E-state index in [4.69, 9.17) is 4.98 Å². The van der Waals surface area contributed by atoms with Gasteiger partial charge in [-0.2, -0.15) is 0 Å². The van der Waals surface area contributed by atoms with Gasteiger partial charge in [0.05, 0.1) is 5.52 Å². The molecule has 0 aliphatic carbocycles. The van der Waals surface area contributed by atoms with Crippen LogP contribution in [-0.4, -0.2) is 11.5 Å². The second-order valence-electron chi connectivity index (χ2n) is 4.47. The van der Waals surface area contributed by atoms with Crippen LogP contribution >= 0.6 is 15.9 Å². The molecule has 96 valence electrons. The minimum atomic E-state index is 0.998. The quantitative estimate of drug-likeness (QED) is 0.886. The topological polar surface area (TPSA) is 24.9 Å². The zero-order chi connectivity index (χ0) is 13.1. The maximum absolute atomic E-state index is 4.73. The molecule has 1 aromatic heterocycles. The van der Waals surface area contributed by atoms with Gasteiger partial charge < -0.3 is 5.32 Å². The Hall–Kier alpha value is -1.09. The lowest BCUT2D eigenvalue weighted by molar-refractivity contribution is 0.968. The van der Waals surface area contributed by atoms with Gasteiger partial charge in [-0.05, 0) is 47.3 Å². The summed E-state index contributed by atoms with van der Waals surface area (Å²) in [6, 6.07) is 6.26. The van der Waals surface area contributed by atoms with Crippen molar-refractivity contribution in [1.29, 1.82) is 0 Å². The molecule has 18 heavy (non-hydrogen) atoms. The third-order valence-electron chi connectivity index (χ3n) is 3.18. The van der Waals surface area contributed by atoms with E-state index in [0.717, 1.165) is 35.1 Å². The molecule has 1 heterocycles. The van der Waals surface area contributed by atoms with Crippen molar-refractivity contribution in [2.24, 2.45) is 0 Å². The van der Waals surface area contributed by atoms with Crippen molar-refractivity contribution in [2.75, 3.05) is 11.9 Å². The minimum absolute atomic E-state index is 0.998. The number of aromatic nitrogens is 1. The van der Waals surface area contributed by atoms with E-state index in [0.29, 0.717) is 0 Å². The number of anilines is 1. The van der Waals surface area contributed by atoms with Gasteiger partial charge in [-0.1, -0.05) is 26.0 Å². The van der Waals surface area contributed by atoms with Crippen molar-refractivity contribution in [3.63, 3.8) is 0 Å². The maximum atomic E-state index is 4.73. The van der Waals surface area contributed by atoms with Crippen LogP contribution in [0.3, 0.4) is 0 Å². The minimum Gasteiger partial charge on any atom is -0.384 e. The number of hydrogen-bond acceptors (Lipinski definition) is 2. The van der Waals surface area contributed by atoms with Gasteiger partial charge in [-0.25, -0.2) is 0 Å². The van der Waals surface area contributed by atoms with Crippen molar-refractivity contribution < 1.29 is 0 Å². The molecule has 0 aliphatic heterocycles. The molecule has 0 amide bonds. The Kier molecular flexibility index (Phi) is 4.23. The van der Waals surface area contributed by atoms with Crippen molar-refractivity contribution >= 4 is 32.5 Å². The van der Waals surface area contributed by atoms with Gasteiger partial charge in [0, 0.05) is 27.8 Å². The van der Waals surface area contributed by atoms with Gasteiger partial charge in [0.15, 0.2) is 0 Å². The third kappa shape index (κ3) is 2.37. The zero-order valence-electron chi connectivity index (χ0n) is 11.2. The molecule has 3 heteroatoms. The summed E-state index contributed by atoms with van der Waals surface area (Å²) in [7, 11) is 0. The molecule has 0 bridgehead atoms. The third-order valence-corrected chi connectivity index (χ3v) is 3.82. The Balaban J connectivity index is 2.71. The molecule has 0 aliphatic rings.